The van der Waals surface area contributed by atoms with Gasteiger partial charge in [0.15, 0.2) is 0 Å². The second-order valence-electron chi connectivity index (χ2n) is 4.91. The minimum absolute atomic E-state index is 0.0571. The van der Waals surface area contributed by atoms with Gasteiger partial charge in [0.1, 0.15) is 0 Å². The molecule has 0 spiro atoms. The third-order valence-corrected chi connectivity index (χ3v) is 5.02. The molecule has 0 aromatic heterocycles. The van der Waals surface area contributed by atoms with Gasteiger partial charge in [0.2, 0.25) is 5.91 Å². The Hall–Kier alpha value is -0.140. The molecule has 0 bridgehead atoms. The van der Waals surface area contributed by atoms with Crippen molar-refractivity contribution in [3.63, 3.8) is 0 Å². The van der Waals surface area contributed by atoms with Crippen LogP contribution in [0, 0.1) is 8.99 Å². The first-order valence-electron chi connectivity index (χ1n) is 6.00. The molecule has 3 nitrogen and oxygen atoms in total. The van der Waals surface area contributed by atoms with Crippen LogP contribution in [0.4, 0.5) is 5.69 Å². The summed E-state index contributed by atoms with van der Waals surface area (Å²) in [6.45, 7) is 0.607. The SMILES string of the molecule is NCC1(CC(=O)Nc2cc(Br)ccc2I)CCC1. The summed E-state index contributed by atoms with van der Waals surface area (Å²) < 4.78 is 2.01. The van der Waals surface area contributed by atoms with E-state index in [1.165, 1.54) is 6.42 Å². The monoisotopic (exact) mass is 422 g/mol. The van der Waals surface area contributed by atoms with Crippen LogP contribution in [0.1, 0.15) is 25.7 Å². The van der Waals surface area contributed by atoms with Crippen LogP contribution in [-0.4, -0.2) is 12.5 Å². The molecule has 0 radical (unpaired) electrons. The summed E-state index contributed by atoms with van der Waals surface area (Å²) in [4.78, 5) is 12.1. The maximum absolute atomic E-state index is 12.1. The van der Waals surface area contributed by atoms with Gasteiger partial charge in [-0.1, -0.05) is 22.4 Å². The smallest absolute Gasteiger partial charge is 0.225 e. The predicted octanol–water partition coefficient (Wildman–Crippen LogP) is 3.51. The van der Waals surface area contributed by atoms with Crippen molar-refractivity contribution in [3.05, 3.63) is 26.2 Å². The van der Waals surface area contributed by atoms with Gasteiger partial charge >= 0.3 is 0 Å². The molecular weight excluding hydrogens is 407 g/mol. The molecule has 1 aliphatic rings. The molecule has 18 heavy (non-hydrogen) atoms. The number of hydrogen-bond acceptors (Lipinski definition) is 2. The minimum atomic E-state index is 0.0571. The van der Waals surface area contributed by atoms with E-state index in [0.29, 0.717) is 13.0 Å². The number of carbonyl (C=O) groups excluding carboxylic acids is 1. The van der Waals surface area contributed by atoms with Crippen LogP contribution >= 0.6 is 38.5 Å². The van der Waals surface area contributed by atoms with Gasteiger partial charge in [-0.25, -0.2) is 0 Å². The highest BCUT2D eigenvalue weighted by atomic mass is 127. The van der Waals surface area contributed by atoms with E-state index in [2.05, 4.69) is 43.8 Å². The molecule has 1 amide bonds. The third kappa shape index (κ3) is 3.24. The van der Waals surface area contributed by atoms with Gasteiger partial charge in [-0.3, -0.25) is 4.79 Å². The topological polar surface area (TPSA) is 55.1 Å². The van der Waals surface area contributed by atoms with E-state index < -0.39 is 0 Å². The van der Waals surface area contributed by atoms with Crippen LogP contribution in [0.5, 0.6) is 0 Å². The van der Waals surface area contributed by atoms with Crippen molar-refractivity contribution in [1.29, 1.82) is 0 Å². The highest BCUT2D eigenvalue weighted by Crippen LogP contribution is 2.43. The fraction of sp³-hybridized carbons (Fsp3) is 0.462. The van der Waals surface area contributed by atoms with Crippen LogP contribution in [0.3, 0.4) is 0 Å². The van der Waals surface area contributed by atoms with Gasteiger partial charge in [0.25, 0.3) is 0 Å². The third-order valence-electron chi connectivity index (χ3n) is 3.59. The quantitative estimate of drug-likeness (QED) is 0.729. The lowest BCUT2D eigenvalue weighted by Crippen LogP contribution is -2.40. The molecule has 1 saturated carbocycles. The Morgan fingerprint density at radius 1 is 1.50 bits per heavy atom. The van der Waals surface area contributed by atoms with Gasteiger partial charge in [-0.15, -0.1) is 0 Å². The summed E-state index contributed by atoms with van der Waals surface area (Å²) in [5, 5.41) is 2.98. The van der Waals surface area contributed by atoms with E-state index in [1.54, 1.807) is 0 Å². The number of anilines is 1. The van der Waals surface area contributed by atoms with Crippen molar-refractivity contribution in [2.75, 3.05) is 11.9 Å². The lowest BCUT2D eigenvalue weighted by molar-refractivity contribution is -0.119. The highest BCUT2D eigenvalue weighted by molar-refractivity contribution is 14.1. The number of nitrogens with one attached hydrogen (secondary N) is 1. The Balaban J connectivity index is 2.00. The van der Waals surface area contributed by atoms with Gasteiger partial charge in [-0.05, 0) is 65.6 Å². The molecule has 5 heteroatoms. The fourth-order valence-corrected chi connectivity index (χ4v) is 3.09. The van der Waals surface area contributed by atoms with Gasteiger partial charge < -0.3 is 11.1 Å². The van der Waals surface area contributed by atoms with E-state index in [-0.39, 0.29) is 11.3 Å². The average molecular weight is 423 g/mol. The predicted molar refractivity (Wildman–Crippen MR) is 85.4 cm³/mol. The van der Waals surface area contributed by atoms with E-state index in [0.717, 1.165) is 26.6 Å². The second kappa shape index (κ2) is 5.88. The maximum atomic E-state index is 12.1. The van der Waals surface area contributed by atoms with Crippen molar-refractivity contribution in [1.82, 2.24) is 0 Å². The molecule has 3 N–H and O–H groups in total. The number of carbonyl (C=O) groups is 1. The Labute approximate surface area is 129 Å². The largest absolute Gasteiger partial charge is 0.330 e. The van der Waals surface area contributed by atoms with Crippen LogP contribution in [0.15, 0.2) is 22.7 Å². The van der Waals surface area contributed by atoms with Gasteiger partial charge in [0.05, 0.1) is 5.69 Å². The van der Waals surface area contributed by atoms with Crippen molar-refractivity contribution < 1.29 is 4.79 Å². The molecule has 1 aliphatic carbocycles. The summed E-state index contributed by atoms with van der Waals surface area (Å²) in [5.41, 5.74) is 6.70. The Morgan fingerprint density at radius 2 is 2.22 bits per heavy atom. The molecule has 0 saturated heterocycles. The van der Waals surface area contributed by atoms with Crippen molar-refractivity contribution >= 4 is 50.1 Å². The number of hydrogen-bond donors (Lipinski definition) is 2. The van der Waals surface area contributed by atoms with E-state index in [9.17, 15) is 4.79 Å². The van der Waals surface area contributed by atoms with Crippen molar-refractivity contribution in [2.45, 2.75) is 25.7 Å². The molecule has 0 unspecified atom stereocenters. The lowest BCUT2D eigenvalue weighted by Gasteiger charge is -2.40. The second-order valence-corrected chi connectivity index (χ2v) is 6.98. The normalized spacial score (nSPS) is 17.1. The maximum Gasteiger partial charge on any atom is 0.225 e. The van der Waals surface area contributed by atoms with Crippen molar-refractivity contribution in [2.24, 2.45) is 11.1 Å². The Morgan fingerprint density at radius 3 is 2.78 bits per heavy atom. The Bertz CT molecular complexity index is 455. The molecule has 1 fully saturated rings. The molecule has 0 aliphatic heterocycles. The molecule has 2 rings (SSSR count). The van der Waals surface area contributed by atoms with E-state index in [1.807, 2.05) is 18.2 Å². The lowest BCUT2D eigenvalue weighted by atomic mass is 9.66. The standard InChI is InChI=1S/C13H16BrIN2O/c14-9-2-3-10(15)11(6-9)17-12(18)7-13(8-16)4-1-5-13/h2-3,6H,1,4-5,7-8,16H2,(H,17,18). The summed E-state index contributed by atoms with van der Waals surface area (Å²) in [5.74, 6) is 0.0659. The molecule has 98 valence electrons. The number of rotatable bonds is 4. The van der Waals surface area contributed by atoms with Crippen LogP contribution in [0.25, 0.3) is 0 Å². The minimum Gasteiger partial charge on any atom is -0.330 e. The number of halogens is 2. The van der Waals surface area contributed by atoms with Crippen molar-refractivity contribution in [3.8, 4) is 0 Å². The first-order valence-corrected chi connectivity index (χ1v) is 7.87. The van der Waals surface area contributed by atoms with Crippen LogP contribution in [0.2, 0.25) is 0 Å². The first kappa shape index (κ1) is 14.3. The van der Waals surface area contributed by atoms with Gasteiger partial charge in [0, 0.05) is 14.5 Å². The summed E-state index contributed by atoms with van der Waals surface area (Å²) >= 11 is 5.63. The number of amides is 1. The number of nitrogens with two attached hydrogens (primary N) is 1. The van der Waals surface area contributed by atoms with E-state index >= 15 is 0 Å². The highest BCUT2D eigenvalue weighted by Gasteiger charge is 2.37. The van der Waals surface area contributed by atoms with Crippen LogP contribution in [-0.2, 0) is 4.79 Å². The van der Waals surface area contributed by atoms with Gasteiger partial charge in [-0.2, -0.15) is 0 Å². The fourth-order valence-electron chi connectivity index (χ4n) is 2.26. The molecule has 1 aromatic carbocycles. The summed E-state index contributed by atoms with van der Waals surface area (Å²) in [7, 11) is 0. The molecule has 1 aromatic rings. The Kier molecular flexibility index (Phi) is 4.66. The zero-order chi connectivity index (χ0) is 13.2. The zero-order valence-electron chi connectivity index (χ0n) is 10.0. The first-order chi connectivity index (χ1) is 8.54. The van der Waals surface area contributed by atoms with E-state index in [4.69, 9.17) is 5.73 Å². The average Bonchev–Trinajstić information content (AvgIpc) is 2.28. The zero-order valence-corrected chi connectivity index (χ0v) is 13.8. The summed E-state index contributed by atoms with van der Waals surface area (Å²) in [6.07, 6.45) is 3.88. The van der Waals surface area contributed by atoms with Crippen LogP contribution < -0.4 is 11.1 Å². The number of benzene rings is 1. The molecule has 0 atom stereocenters. The molecule has 0 heterocycles. The molecular formula is C13H16BrIN2O. The summed E-state index contributed by atoms with van der Waals surface area (Å²) in [6, 6.07) is 5.86.